The maximum Gasteiger partial charge on any atom is 0.338 e. The molecule has 2 aromatic carbocycles. The average Bonchev–Trinajstić information content (AvgIpc) is 3.32. The number of fused-ring (bicyclic) bond motifs is 1. The SMILES string of the molecule is O=C(COC(=O)c1ccc(-n2cccc2)cc1)NC(=O)Nc1ccc2c(c1)OCCO2. The third-order valence-corrected chi connectivity index (χ3v) is 4.39. The summed E-state index contributed by atoms with van der Waals surface area (Å²) in [7, 11) is 0. The van der Waals surface area contributed by atoms with E-state index in [1.165, 1.54) is 0 Å². The molecule has 31 heavy (non-hydrogen) atoms. The number of rotatable bonds is 5. The molecule has 0 atom stereocenters. The van der Waals surface area contributed by atoms with Gasteiger partial charge in [0.25, 0.3) is 5.91 Å². The second-order valence-corrected chi connectivity index (χ2v) is 6.57. The van der Waals surface area contributed by atoms with Crippen molar-refractivity contribution in [2.45, 2.75) is 0 Å². The number of esters is 1. The quantitative estimate of drug-likeness (QED) is 0.614. The zero-order chi connectivity index (χ0) is 21.6. The van der Waals surface area contributed by atoms with Crippen LogP contribution in [0, 0.1) is 0 Å². The van der Waals surface area contributed by atoms with Crippen molar-refractivity contribution in [3.05, 3.63) is 72.6 Å². The van der Waals surface area contributed by atoms with Crippen LogP contribution in [-0.4, -0.2) is 42.3 Å². The average molecular weight is 421 g/mol. The fourth-order valence-corrected chi connectivity index (χ4v) is 2.94. The van der Waals surface area contributed by atoms with Crippen LogP contribution in [0.4, 0.5) is 10.5 Å². The fraction of sp³-hybridized carbons (Fsp3) is 0.136. The minimum Gasteiger partial charge on any atom is -0.486 e. The number of benzene rings is 2. The Kier molecular flexibility index (Phi) is 5.84. The number of ether oxygens (including phenoxy) is 3. The van der Waals surface area contributed by atoms with Gasteiger partial charge >= 0.3 is 12.0 Å². The Morgan fingerprint density at radius 2 is 1.65 bits per heavy atom. The number of hydrogen-bond donors (Lipinski definition) is 2. The molecule has 2 N–H and O–H groups in total. The molecule has 9 nitrogen and oxygen atoms in total. The number of anilines is 1. The van der Waals surface area contributed by atoms with E-state index in [-0.39, 0.29) is 0 Å². The largest absolute Gasteiger partial charge is 0.486 e. The molecule has 0 spiro atoms. The summed E-state index contributed by atoms with van der Waals surface area (Å²) < 4.78 is 17.7. The van der Waals surface area contributed by atoms with Gasteiger partial charge in [0.2, 0.25) is 0 Å². The Morgan fingerprint density at radius 1 is 0.935 bits per heavy atom. The predicted molar refractivity (Wildman–Crippen MR) is 111 cm³/mol. The van der Waals surface area contributed by atoms with Gasteiger partial charge in [-0.25, -0.2) is 9.59 Å². The van der Waals surface area contributed by atoms with Gasteiger partial charge in [0, 0.05) is 29.8 Å². The van der Waals surface area contributed by atoms with E-state index in [9.17, 15) is 14.4 Å². The molecule has 1 aromatic heterocycles. The molecule has 0 aliphatic carbocycles. The third kappa shape index (κ3) is 5.02. The summed E-state index contributed by atoms with van der Waals surface area (Å²) in [5.74, 6) is -0.331. The predicted octanol–water partition coefficient (Wildman–Crippen LogP) is 2.75. The van der Waals surface area contributed by atoms with Crippen molar-refractivity contribution < 1.29 is 28.6 Å². The van der Waals surface area contributed by atoms with Gasteiger partial charge in [-0.15, -0.1) is 0 Å². The van der Waals surface area contributed by atoms with E-state index in [1.54, 1.807) is 42.5 Å². The van der Waals surface area contributed by atoms with E-state index in [0.717, 1.165) is 5.69 Å². The van der Waals surface area contributed by atoms with Crippen LogP contribution in [0.1, 0.15) is 10.4 Å². The second kappa shape index (κ2) is 9.04. The van der Waals surface area contributed by atoms with Crippen LogP contribution in [0.25, 0.3) is 5.69 Å². The first kappa shape index (κ1) is 20.0. The van der Waals surface area contributed by atoms with Crippen LogP contribution in [-0.2, 0) is 9.53 Å². The number of urea groups is 1. The monoisotopic (exact) mass is 421 g/mol. The Labute approximate surface area is 177 Å². The highest BCUT2D eigenvalue weighted by Crippen LogP contribution is 2.32. The lowest BCUT2D eigenvalue weighted by Gasteiger charge is -2.19. The van der Waals surface area contributed by atoms with Crippen LogP contribution < -0.4 is 20.1 Å². The zero-order valence-corrected chi connectivity index (χ0v) is 16.4. The molecule has 0 saturated carbocycles. The highest BCUT2D eigenvalue weighted by Gasteiger charge is 2.15. The van der Waals surface area contributed by atoms with Crippen molar-refractivity contribution in [2.75, 3.05) is 25.1 Å². The standard InChI is InChI=1S/C22H19N3O6/c26-20(24-22(28)23-16-5-8-18-19(13-16)30-12-11-29-18)14-31-21(27)15-3-6-17(7-4-15)25-9-1-2-10-25/h1-10,13H,11-12,14H2,(H2,23,24,26,28). The summed E-state index contributed by atoms with van der Waals surface area (Å²) in [4.78, 5) is 36.0. The second-order valence-electron chi connectivity index (χ2n) is 6.57. The van der Waals surface area contributed by atoms with Gasteiger partial charge in [-0.2, -0.15) is 0 Å². The number of amides is 3. The van der Waals surface area contributed by atoms with Gasteiger partial charge in [0.1, 0.15) is 13.2 Å². The van der Waals surface area contributed by atoms with Gasteiger partial charge in [-0.1, -0.05) is 0 Å². The topological polar surface area (TPSA) is 108 Å². The summed E-state index contributed by atoms with van der Waals surface area (Å²) in [6.07, 6.45) is 3.77. The van der Waals surface area contributed by atoms with Gasteiger partial charge in [-0.3, -0.25) is 10.1 Å². The molecule has 1 aliphatic rings. The number of imide groups is 1. The van der Waals surface area contributed by atoms with Crippen LogP contribution in [0.2, 0.25) is 0 Å². The van der Waals surface area contributed by atoms with E-state index in [4.69, 9.17) is 14.2 Å². The van der Waals surface area contributed by atoms with Crippen LogP contribution in [0.5, 0.6) is 11.5 Å². The molecule has 3 amide bonds. The van der Waals surface area contributed by atoms with Crippen LogP contribution >= 0.6 is 0 Å². The molecule has 0 radical (unpaired) electrons. The number of nitrogens with one attached hydrogen (secondary N) is 2. The lowest BCUT2D eigenvalue weighted by Crippen LogP contribution is -2.37. The van der Waals surface area contributed by atoms with Gasteiger partial charge in [0.15, 0.2) is 18.1 Å². The molecule has 158 valence electrons. The zero-order valence-electron chi connectivity index (χ0n) is 16.4. The van der Waals surface area contributed by atoms with Gasteiger partial charge < -0.3 is 24.1 Å². The van der Waals surface area contributed by atoms with Crippen molar-refractivity contribution in [1.82, 2.24) is 9.88 Å². The molecule has 2 heterocycles. The summed E-state index contributed by atoms with van der Waals surface area (Å²) in [5, 5.41) is 4.61. The van der Waals surface area contributed by atoms with E-state index in [0.29, 0.717) is 36.0 Å². The molecular formula is C22H19N3O6. The molecule has 9 heteroatoms. The Morgan fingerprint density at radius 3 is 2.39 bits per heavy atom. The summed E-state index contributed by atoms with van der Waals surface area (Å²) in [6.45, 7) is 0.291. The first-order valence-corrected chi connectivity index (χ1v) is 9.49. The first-order chi connectivity index (χ1) is 15.1. The van der Waals surface area contributed by atoms with Crippen molar-refractivity contribution in [3.63, 3.8) is 0 Å². The van der Waals surface area contributed by atoms with Crippen molar-refractivity contribution >= 4 is 23.6 Å². The Balaban J connectivity index is 1.25. The van der Waals surface area contributed by atoms with Crippen molar-refractivity contribution in [1.29, 1.82) is 0 Å². The minimum atomic E-state index is -0.757. The van der Waals surface area contributed by atoms with E-state index >= 15 is 0 Å². The molecule has 3 aromatic rings. The van der Waals surface area contributed by atoms with Crippen molar-refractivity contribution in [3.8, 4) is 17.2 Å². The van der Waals surface area contributed by atoms with Crippen LogP contribution in [0.15, 0.2) is 67.0 Å². The van der Waals surface area contributed by atoms with E-state index in [2.05, 4.69) is 10.6 Å². The summed E-state index contributed by atoms with van der Waals surface area (Å²) >= 11 is 0. The van der Waals surface area contributed by atoms with E-state index < -0.39 is 24.5 Å². The maximum absolute atomic E-state index is 12.1. The molecule has 4 rings (SSSR count). The molecule has 1 aliphatic heterocycles. The summed E-state index contributed by atoms with van der Waals surface area (Å²) in [6, 6.07) is 14.6. The lowest BCUT2D eigenvalue weighted by atomic mass is 10.2. The Hall–Kier alpha value is -4.27. The fourth-order valence-electron chi connectivity index (χ4n) is 2.94. The number of hydrogen-bond acceptors (Lipinski definition) is 6. The molecule has 0 fully saturated rings. The first-order valence-electron chi connectivity index (χ1n) is 9.49. The highest BCUT2D eigenvalue weighted by molar-refractivity contribution is 6.02. The molecule has 0 saturated heterocycles. The number of carbonyl (C=O) groups excluding carboxylic acids is 3. The number of aromatic nitrogens is 1. The van der Waals surface area contributed by atoms with Gasteiger partial charge in [0.05, 0.1) is 5.56 Å². The maximum atomic E-state index is 12.1. The minimum absolute atomic E-state index is 0.296. The number of carbonyl (C=O) groups is 3. The molecule has 0 unspecified atom stereocenters. The smallest absolute Gasteiger partial charge is 0.338 e. The summed E-state index contributed by atoms with van der Waals surface area (Å²) in [5.41, 5.74) is 1.61. The molecule has 0 bridgehead atoms. The highest BCUT2D eigenvalue weighted by atomic mass is 16.6. The Bertz CT molecular complexity index is 1090. The lowest BCUT2D eigenvalue weighted by molar-refractivity contribution is -0.123. The van der Waals surface area contributed by atoms with Crippen molar-refractivity contribution in [2.24, 2.45) is 0 Å². The van der Waals surface area contributed by atoms with Gasteiger partial charge in [-0.05, 0) is 48.5 Å². The van der Waals surface area contributed by atoms with E-state index in [1.807, 2.05) is 29.1 Å². The molecular weight excluding hydrogens is 402 g/mol. The van der Waals surface area contributed by atoms with Crippen LogP contribution in [0.3, 0.4) is 0 Å². The third-order valence-electron chi connectivity index (χ3n) is 4.39. The number of nitrogens with zero attached hydrogens (tertiary/aromatic N) is 1. The normalized spacial score (nSPS) is 12.0.